The summed E-state index contributed by atoms with van der Waals surface area (Å²) in [5.41, 5.74) is 6.16. The Morgan fingerprint density at radius 2 is 1.71 bits per heavy atom. The van der Waals surface area contributed by atoms with Crippen molar-refractivity contribution in [3.63, 3.8) is 0 Å². The highest BCUT2D eigenvalue weighted by Crippen LogP contribution is 2.39. The van der Waals surface area contributed by atoms with Crippen LogP contribution in [0, 0.1) is 0 Å². The summed E-state index contributed by atoms with van der Waals surface area (Å²) in [4.78, 5) is 18.8. The van der Waals surface area contributed by atoms with Gasteiger partial charge in [0.05, 0.1) is 25.3 Å². The fourth-order valence-electron chi connectivity index (χ4n) is 4.97. The van der Waals surface area contributed by atoms with Crippen molar-refractivity contribution in [1.29, 1.82) is 0 Å². The molecule has 4 aromatic rings. The number of hydrogen-bond acceptors (Lipinski definition) is 7. The minimum atomic E-state index is -4.51. The maximum atomic E-state index is 13.5. The van der Waals surface area contributed by atoms with Crippen molar-refractivity contribution < 1.29 is 32.2 Å². The maximum Gasteiger partial charge on any atom is 0.418 e. The number of carbonyl (C=O) groups is 1. The van der Waals surface area contributed by atoms with Gasteiger partial charge in [-0.3, -0.25) is 4.98 Å². The number of piperidine rings is 1. The van der Waals surface area contributed by atoms with Crippen LogP contribution in [0.2, 0.25) is 0 Å². The van der Waals surface area contributed by atoms with E-state index in [1.54, 1.807) is 67.8 Å². The van der Waals surface area contributed by atoms with Crippen molar-refractivity contribution in [2.45, 2.75) is 25.1 Å². The van der Waals surface area contributed by atoms with Gasteiger partial charge in [0.1, 0.15) is 11.5 Å². The second-order valence-electron chi connectivity index (χ2n) is 9.80. The first kappa shape index (κ1) is 28.7. The Labute approximate surface area is 240 Å². The number of nitrogens with zero attached hydrogens (tertiary/aromatic N) is 2. The van der Waals surface area contributed by atoms with Crippen molar-refractivity contribution in [1.82, 2.24) is 10.3 Å². The Hall–Kier alpha value is -4.87. The lowest BCUT2D eigenvalue weighted by Crippen LogP contribution is -2.46. The number of nitrogens with two attached hydrogens (primary N) is 1. The third kappa shape index (κ3) is 6.37. The number of urea groups is 1. The van der Waals surface area contributed by atoms with Gasteiger partial charge in [-0.1, -0.05) is 6.07 Å². The van der Waals surface area contributed by atoms with E-state index in [4.69, 9.17) is 19.9 Å². The number of nitrogens with one attached hydrogen (secondary N) is 2. The molecule has 4 N–H and O–H groups in total. The van der Waals surface area contributed by atoms with Gasteiger partial charge in [0.15, 0.2) is 11.5 Å². The molecule has 1 saturated heterocycles. The van der Waals surface area contributed by atoms with Crippen LogP contribution in [0.25, 0.3) is 10.9 Å². The van der Waals surface area contributed by atoms with Crippen LogP contribution in [0.5, 0.6) is 23.0 Å². The van der Waals surface area contributed by atoms with E-state index >= 15 is 0 Å². The van der Waals surface area contributed by atoms with Gasteiger partial charge < -0.3 is 35.5 Å². The van der Waals surface area contributed by atoms with Crippen molar-refractivity contribution in [2.75, 3.05) is 43.3 Å². The van der Waals surface area contributed by atoms with Crippen LogP contribution >= 0.6 is 0 Å². The molecule has 0 spiro atoms. The van der Waals surface area contributed by atoms with E-state index in [1.165, 1.54) is 12.1 Å². The summed E-state index contributed by atoms with van der Waals surface area (Å²) in [7, 11) is 3.10. The summed E-state index contributed by atoms with van der Waals surface area (Å²) in [6.07, 6.45) is -1.91. The quantitative estimate of drug-likeness (QED) is 0.216. The number of pyridine rings is 1. The van der Waals surface area contributed by atoms with E-state index in [0.717, 1.165) is 11.5 Å². The summed E-state index contributed by atoms with van der Waals surface area (Å²) in [5.74, 6) is 2.13. The van der Waals surface area contributed by atoms with Crippen LogP contribution in [-0.2, 0) is 6.18 Å². The van der Waals surface area contributed by atoms with E-state index in [0.29, 0.717) is 60.1 Å². The van der Waals surface area contributed by atoms with Gasteiger partial charge in [-0.05, 0) is 55.3 Å². The maximum absolute atomic E-state index is 13.5. The molecule has 5 rings (SSSR count). The topological polar surface area (TPSA) is 111 Å². The number of rotatable bonds is 7. The van der Waals surface area contributed by atoms with Crippen LogP contribution in [-0.4, -0.2) is 44.4 Å². The third-order valence-electron chi connectivity index (χ3n) is 7.02. The lowest BCUT2D eigenvalue weighted by atomic mass is 10.0. The number of alkyl halides is 3. The Kier molecular flexibility index (Phi) is 8.14. The van der Waals surface area contributed by atoms with Crippen molar-refractivity contribution in [3.8, 4) is 23.0 Å². The smallest absolute Gasteiger partial charge is 0.418 e. The molecule has 220 valence electrons. The molecule has 1 fully saturated rings. The van der Waals surface area contributed by atoms with Crippen molar-refractivity contribution >= 4 is 34.0 Å². The zero-order chi connectivity index (χ0) is 29.9. The number of amides is 2. The third-order valence-corrected chi connectivity index (χ3v) is 7.02. The molecule has 42 heavy (non-hydrogen) atoms. The van der Waals surface area contributed by atoms with E-state index in [-0.39, 0.29) is 17.4 Å². The van der Waals surface area contributed by atoms with Gasteiger partial charge in [-0.15, -0.1) is 0 Å². The molecule has 0 radical (unpaired) electrons. The van der Waals surface area contributed by atoms with Gasteiger partial charge in [0.2, 0.25) is 0 Å². The van der Waals surface area contributed by atoms with Gasteiger partial charge >= 0.3 is 12.2 Å². The number of fused-ring (bicyclic) bond motifs is 1. The highest BCUT2D eigenvalue weighted by molar-refractivity contribution is 5.90. The second kappa shape index (κ2) is 11.9. The van der Waals surface area contributed by atoms with Gasteiger partial charge in [-0.2, -0.15) is 13.2 Å². The molecule has 2 heterocycles. The van der Waals surface area contributed by atoms with Crippen LogP contribution < -0.4 is 35.5 Å². The number of hydrogen-bond donors (Lipinski definition) is 3. The van der Waals surface area contributed by atoms with Crippen LogP contribution in [0.4, 0.5) is 35.0 Å². The molecule has 2 amide bonds. The highest BCUT2D eigenvalue weighted by atomic mass is 19.4. The standard InChI is InChI=1S/C30H30F3N5O4/c1-40-27-16-22-24(17-28(27)41-2)35-11-8-26(22)42-21-5-3-4-20(15-21)37-29(39)36-19-9-12-38(13-10-19)25-7-6-18(34)14-23(25)30(31,32)33/h3-8,11,14-17,19H,9-10,12-13,34H2,1-2H3,(H2,36,37,39). The number of aromatic nitrogens is 1. The molecular formula is C30H30F3N5O4. The molecule has 3 aromatic carbocycles. The van der Waals surface area contributed by atoms with Gasteiger partial charge in [0, 0.05) is 59.9 Å². The fraction of sp³-hybridized carbons (Fsp3) is 0.267. The van der Waals surface area contributed by atoms with Gasteiger partial charge in [0.25, 0.3) is 0 Å². The minimum Gasteiger partial charge on any atom is -0.493 e. The number of halogens is 3. The average Bonchev–Trinajstić information content (AvgIpc) is 2.97. The second-order valence-corrected chi connectivity index (χ2v) is 9.80. The van der Waals surface area contributed by atoms with Crippen LogP contribution in [0.3, 0.4) is 0 Å². The molecular weight excluding hydrogens is 551 g/mol. The average molecular weight is 582 g/mol. The lowest BCUT2D eigenvalue weighted by molar-refractivity contribution is -0.137. The normalized spacial score (nSPS) is 14.0. The number of benzene rings is 3. The van der Waals surface area contributed by atoms with Gasteiger partial charge in [-0.25, -0.2) is 4.79 Å². The predicted octanol–water partition coefficient (Wildman–Crippen LogP) is 6.44. The van der Waals surface area contributed by atoms with Crippen LogP contribution in [0.1, 0.15) is 18.4 Å². The van der Waals surface area contributed by atoms with Crippen molar-refractivity contribution in [2.24, 2.45) is 0 Å². The summed E-state index contributed by atoms with van der Waals surface area (Å²) >= 11 is 0. The monoisotopic (exact) mass is 581 g/mol. The molecule has 0 unspecified atom stereocenters. The predicted molar refractivity (Wildman–Crippen MR) is 155 cm³/mol. The Morgan fingerprint density at radius 3 is 2.43 bits per heavy atom. The largest absolute Gasteiger partial charge is 0.493 e. The number of ether oxygens (including phenoxy) is 3. The fourth-order valence-corrected chi connectivity index (χ4v) is 4.97. The van der Waals surface area contributed by atoms with Crippen LogP contribution in [0.15, 0.2) is 66.9 Å². The lowest BCUT2D eigenvalue weighted by Gasteiger charge is -2.35. The Balaban J connectivity index is 1.21. The first-order valence-electron chi connectivity index (χ1n) is 13.2. The molecule has 9 nitrogen and oxygen atoms in total. The number of carbonyl (C=O) groups excluding carboxylic acids is 1. The SMILES string of the molecule is COc1cc2nccc(Oc3cccc(NC(=O)NC4CCN(c5ccc(N)cc5C(F)(F)F)CC4)c3)c2cc1OC. The van der Waals surface area contributed by atoms with E-state index in [1.807, 2.05) is 0 Å². The molecule has 0 bridgehead atoms. The Morgan fingerprint density at radius 1 is 0.976 bits per heavy atom. The van der Waals surface area contributed by atoms with E-state index in [9.17, 15) is 18.0 Å². The minimum absolute atomic E-state index is 0.0591. The zero-order valence-electron chi connectivity index (χ0n) is 23.0. The zero-order valence-corrected chi connectivity index (χ0v) is 23.0. The summed E-state index contributed by atoms with van der Waals surface area (Å²) < 4.78 is 57.5. The Bertz CT molecular complexity index is 1590. The first-order valence-corrected chi connectivity index (χ1v) is 13.2. The molecule has 1 aliphatic heterocycles. The molecule has 0 aliphatic carbocycles. The number of anilines is 3. The molecule has 0 saturated carbocycles. The number of methoxy groups -OCH3 is 2. The van der Waals surface area contributed by atoms with Crippen molar-refractivity contribution in [3.05, 3.63) is 72.4 Å². The number of nitrogen functional groups attached to an aromatic ring is 1. The highest BCUT2D eigenvalue weighted by Gasteiger charge is 2.36. The van der Waals surface area contributed by atoms with E-state index in [2.05, 4.69) is 15.6 Å². The molecule has 0 atom stereocenters. The van der Waals surface area contributed by atoms with E-state index < -0.39 is 17.8 Å². The molecule has 1 aliphatic rings. The molecule has 1 aromatic heterocycles. The molecule has 12 heteroatoms. The summed E-state index contributed by atoms with van der Waals surface area (Å²) in [5, 5.41) is 6.45. The summed E-state index contributed by atoms with van der Waals surface area (Å²) in [6, 6.07) is 15.4. The summed E-state index contributed by atoms with van der Waals surface area (Å²) in [6.45, 7) is 0.718. The first-order chi connectivity index (χ1) is 20.1.